The normalized spacial score (nSPS) is 10.5. The van der Waals surface area contributed by atoms with E-state index in [2.05, 4.69) is 26.7 Å². The molecule has 2 amide bonds. The highest BCUT2D eigenvalue weighted by atomic mass is 79.9. The Morgan fingerprint density at radius 3 is 2.24 bits per heavy atom. The molecular formula is C22H22BrN3O3. The molecule has 3 aromatic rings. The molecule has 0 spiro atoms. The van der Waals surface area contributed by atoms with Crippen LogP contribution in [0.4, 0.5) is 5.69 Å². The van der Waals surface area contributed by atoms with Gasteiger partial charge in [0.25, 0.3) is 11.8 Å². The number of amides is 2. The number of nitrogens with one attached hydrogen (secondary N) is 2. The second-order valence-electron chi connectivity index (χ2n) is 6.74. The molecule has 3 rings (SSSR count). The Hall–Kier alpha value is -3.06. The predicted octanol–water partition coefficient (Wildman–Crippen LogP) is 4.58. The number of ether oxygens (including phenoxy) is 1. The standard InChI is InChI=1S/C22H22BrN3O3/c1-14-4-11-20(19(23)12-14)24-21(27)13-29-18-9-7-17(8-10-18)22(28)25-26-15(2)5-6-16(26)3/h4-12H,13H2,1-3H3,(H,24,27)(H,25,28). The summed E-state index contributed by atoms with van der Waals surface area (Å²) in [4.78, 5) is 24.5. The van der Waals surface area contributed by atoms with Crippen molar-refractivity contribution in [3.05, 3.63) is 81.6 Å². The second kappa shape index (κ2) is 8.96. The summed E-state index contributed by atoms with van der Waals surface area (Å²) in [6.45, 7) is 5.69. The third-order valence-corrected chi connectivity index (χ3v) is 5.03. The lowest BCUT2D eigenvalue weighted by Gasteiger charge is -2.12. The van der Waals surface area contributed by atoms with E-state index in [1.165, 1.54) is 0 Å². The summed E-state index contributed by atoms with van der Waals surface area (Å²) in [5, 5.41) is 2.79. The van der Waals surface area contributed by atoms with E-state index in [9.17, 15) is 9.59 Å². The van der Waals surface area contributed by atoms with E-state index in [0.29, 0.717) is 17.0 Å². The lowest BCUT2D eigenvalue weighted by Crippen LogP contribution is -2.24. The molecule has 7 heteroatoms. The van der Waals surface area contributed by atoms with Crippen molar-refractivity contribution >= 4 is 33.4 Å². The monoisotopic (exact) mass is 455 g/mol. The summed E-state index contributed by atoms with van der Waals surface area (Å²) in [7, 11) is 0. The maximum absolute atomic E-state index is 12.4. The van der Waals surface area contributed by atoms with E-state index in [0.717, 1.165) is 21.4 Å². The lowest BCUT2D eigenvalue weighted by molar-refractivity contribution is -0.118. The number of anilines is 1. The molecule has 0 bridgehead atoms. The van der Waals surface area contributed by atoms with Crippen LogP contribution in [-0.2, 0) is 4.79 Å². The summed E-state index contributed by atoms with van der Waals surface area (Å²) in [5.74, 6) is 0.0174. The number of carbonyl (C=O) groups excluding carboxylic acids is 2. The van der Waals surface area contributed by atoms with E-state index in [1.807, 2.05) is 51.1 Å². The molecule has 0 saturated carbocycles. The van der Waals surface area contributed by atoms with Crippen LogP contribution in [0.25, 0.3) is 0 Å². The Kier molecular flexibility index (Phi) is 6.39. The molecule has 0 fully saturated rings. The molecule has 0 aliphatic carbocycles. The highest BCUT2D eigenvalue weighted by Crippen LogP contribution is 2.23. The minimum atomic E-state index is -0.269. The SMILES string of the molecule is Cc1ccc(NC(=O)COc2ccc(C(=O)Nn3c(C)ccc3C)cc2)c(Br)c1. The van der Waals surface area contributed by atoms with Gasteiger partial charge in [-0.05, 0) is 90.8 Å². The fourth-order valence-corrected chi connectivity index (χ4v) is 3.36. The Morgan fingerprint density at radius 2 is 1.62 bits per heavy atom. The molecule has 0 aliphatic rings. The second-order valence-corrected chi connectivity index (χ2v) is 7.59. The van der Waals surface area contributed by atoms with Gasteiger partial charge in [0.2, 0.25) is 0 Å². The minimum absolute atomic E-state index is 0.131. The zero-order chi connectivity index (χ0) is 21.0. The molecule has 2 aromatic carbocycles. The molecule has 0 atom stereocenters. The average molecular weight is 456 g/mol. The van der Waals surface area contributed by atoms with Crippen molar-refractivity contribution in [2.75, 3.05) is 17.3 Å². The molecule has 1 aromatic heterocycles. The van der Waals surface area contributed by atoms with Crippen LogP contribution in [0.3, 0.4) is 0 Å². The van der Waals surface area contributed by atoms with Crippen LogP contribution in [0, 0.1) is 20.8 Å². The van der Waals surface area contributed by atoms with Gasteiger partial charge in [-0.2, -0.15) is 0 Å². The summed E-state index contributed by atoms with van der Waals surface area (Å²) in [6.07, 6.45) is 0. The number of hydrogen-bond acceptors (Lipinski definition) is 3. The van der Waals surface area contributed by atoms with E-state index in [4.69, 9.17) is 4.74 Å². The Bertz CT molecular complexity index is 1020. The third kappa shape index (κ3) is 5.26. The van der Waals surface area contributed by atoms with Gasteiger partial charge < -0.3 is 10.1 Å². The van der Waals surface area contributed by atoms with Crippen molar-refractivity contribution in [2.24, 2.45) is 0 Å². The zero-order valence-electron chi connectivity index (χ0n) is 16.5. The number of benzene rings is 2. The van der Waals surface area contributed by atoms with Crippen molar-refractivity contribution < 1.29 is 14.3 Å². The quantitative estimate of drug-likeness (QED) is 0.571. The molecule has 0 radical (unpaired) electrons. The first kappa shape index (κ1) is 20.7. The van der Waals surface area contributed by atoms with Gasteiger partial charge in [-0.3, -0.25) is 19.7 Å². The lowest BCUT2D eigenvalue weighted by atomic mass is 10.2. The van der Waals surface area contributed by atoms with Crippen LogP contribution >= 0.6 is 15.9 Å². The van der Waals surface area contributed by atoms with Crippen LogP contribution in [0.5, 0.6) is 5.75 Å². The van der Waals surface area contributed by atoms with E-state index in [1.54, 1.807) is 28.9 Å². The molecule has 1 heterocycles. The Morgan fingerprint density at radius 1 is 0.966 bits per heavy atom. The van der Waals surface area contributed by atoms with Gasteiger partial charge in [0, 0.05) is 21.4 Å². The highest BCUT2D eigenvalue weighted by Gasteiger charge is 2.10. The predicted molar refractivity (Wildman–Crippen MR) is 117 cm³/mol. The van der Waals surface area contributed by atoms with E-state index in [-0.39, 0.29) is 18.4 Å². The van der Waals surface area contributed by atoms with Gasteiger partial charge in [-0.25, -0.2) is 0 Å². The number of nitrogens with zero attached hydrogens (tertiary/aromatic N) is 1. The third-order valence-electron chi connectivity index (χ3n) is 4.37. The largest absolute Gasteiger partial charge is 0.484 e. The maximum atomic E-state index is 12.4. The summed E-state index contributed by atoms with van der Waals surface area (Å²) in [5.41, 5.74) is 7.02. The van der Waals surface area contributed by atoms with Gasteiger partial charge in [-0.15, -0.1) is 0 Å². The van der Waals surface area contributed by atoms with Gasteiger partial charge >= 0.3 is 0 Å². The fourth-order valence-electron chi connectivity index (χ4n) is 2.77. The smallest absolute Gasteiger partial charge is 0.270 e. The van der Waals surface area contributed by atoms with Gasteiger partial charge in [0.1, 0.15) is 5.75 Å². The van der Waals surface area contributed by atoms with Crippen molar-refractivity contribution in [3.8, 4) is 5.75 Å². The molecule has 0 aliphatic heterocycles. The fraction of sp³-hybridized carbons (Fsp3) is 0.182. The van der Waals surface area contributed by atoms with Gasteiger partial charge in [0.15, 0.2) is 6.61 Å². The van der Waals surface area contributed by atoms with Crippen LogP contribution in [-0.4, -0.2) is 23.1 Å². The first-order valence-electron chi connectivity index (χ1n) is 9.08. The first-order valence-corrected chi connectivity index (χ1v) is 9.88. The summed E-state index contributed by atoms with van der Waals surface area (Å²) >= 11 is 3.43. The minimum Gasteiger partial charge on any atom is -0.484 e. The number of carbonyl (C=O) groups is 2. The van der Waals surface area contributed by atoms with Crippen molar-refractivity contribution in [1.29, 1.82) is 0 Å². The Balaban J connectivity index is 1.55. The molecule has 150 valence electrons. The molecule has 0 saturated heterocycles. The molecule has 29 heavy (non-hydrogen) atoms. The molecule has 6 nitrogen and oxygen atoms in total. The highest BCUT2D eigenvalue weighted by molar-refractivity contribution is 9.10. The first-order chi connectivity index (χ1) is 13.8. The number of hydrogen-bond donors (Lipinski definition) is 2. The van der Waals surface area contributed by atoms with Crippen LogP contribution in [0.1, 0.15) is 27.3 Å². The van der Waals surface area contributed by atoms with Crippen molar-refractivity contribution in [1.82, 2.24) is 4.68 Å². The van der Waals surface area contributed by atoms with Crippen LogP contribution in [0.15, 0.2) is 59.1 Å². The summed E-state index contributed by atoms with van der Waals surface area (Å²) < 4.78 is 8.07. The van der Waals surface area contributed by atoms with E-state index >= 15 is 0 Å². The maximum Gasteiger partial charge on any atom is 0.270 e. The number of halogens is 1. The van der Waals surface area contributed by atoms with Crippen molar-refractivity contribution in [3.63, 3.8) is 0 Å². The molecule has 0 unspecified atom stereocenters. The number of aromatic nitrogens is 1. The molecular weight excluding hydrogens is 434 g/mol. The van der Waals surface area contributed by atoms with E-state index < -0.39 is 0 Å². The Labute approximate surface area is 178 Å². The van der Waals surface area contributed by atoms with Crippen LogP contribution < -0.4 is 15.5 Å². The topological polar surface area (TPSA) is 72.4 Å². The molecule has 2 N–H and O–H groups in total. The average Bonchev–Trinajstić information content (AvgIpc) is 3.01. The van der Waals surface area contributed by atoms with Gasteiger partial charge in [-0.1, -0.05) is 6.07 Å². The van der Waals surface area contributed by atoms with Crippen LogP contribution in [0.2, 0.25) is 0 Å². The van der Waals surface area contributed by atoms with Gasteiger partial charge in [0.05, 0.1) is 5.69 Å². The number of aryl methyl sites for hydroxylation is 3. The summed E-state index contributed by atoms with van der Waals surface area (Å²) in [6, 6.07) is 16.2. The number of rotatable bonds is 6. The zero-order valence-corrected chi connectivity index (χ0v) is 18.0. The van der Waals surface area contributed by atoms with Crippen molar-refractivity contribution in [2.45, 2.75) is 20.8 Å².